The lowest BCUT2D eigenvalue weighted by atomic mass is 10.0. The summed E-state index contributed by atoms with van der Waals surface area (Å²) in [5.74, 6) is 1.32. The van der Waals surface area contributed by atoms with Crippen LogP contribution in [0.4, 0.5) is 0 Å². The van der Waals surface area contributed by atoms with E-state index in [1.807, 2.05) is 0 Å². The van der Waals surface area contributed by atoms with Crippen molar-refractivity contribution < 1.29 is 0 Å². The monoisotopic (exact) mass is 324 g/mol. The zero-order valence-corrected chi connectivity index (χ0v) is 15.5. The van der Waals surface area contributed by atoms with Gasteiger partial charge in [-0.15, -0.1) is 11.3 Å². The van der Waals surface area contributed by atoms with E-state index >= 15 is 0 Å². The van der Waals surface area contributed by atoms with E-state index in [4.69, 9.17) is 5.73 Å². The van der Waals surface area contributed by atoms with Gasteiger partial charge in [0.2, 0.25) is 0 Å². The van der Waals surface area contributed by atoms with Gasteiger partial charge >= 0.3 is 0 Å². The average molecular weight is 325 g/mol. The van der Waals surface area contributed by atoms with Crippen LogP contribution in [0.3, 0.4) is 0 Å². The van der Waals surface area contributed by atoms with E-state index < -0.39 is 0 Å². The first kappa shape index (κ1) is 19.0. The van der Waals surface area contributed by atoms with Crippen LogP contribution >= 0.6 is 11.3 Å². The summed E-state index contributed by atoms with van der Waals surface area (Å²) in [6.45, 7) is 7.39. The second-order valence-electron chi connectivity index (χ2n) is 6.59. The molecule has 1 heterocycles. The Labute approximate surface area is 139 Å². The van der Waals surface area contributed by atoms with Gasteiger partial charge in [0.15, 0.2) is 5.96 Å². The quantitative estimate of drug-likeness (QED) is 0.540. The number of nitrogens with one attached hydrogen (secondary N) is 1. The molecule has 0 spiro atoms. The number of thiophene rings is 1. The van der Waals surface area contributed by atoms with Gasteiger partial charge in [-0.1, -0.05) is 32.8 Å². The van der Waals surface area contributed by atoms with Crippen molar-refractivity contribution in [3.63, 3.8) is 0 Å². The molecule has 0 saturated heterocycles. The van der Waals surface area contributed by atoms with E-state index in [1.165, 1.54) is 17.7 Å². The minimum absolute atomic E-state index is 0.289. The molecule has 0 aliphatic rings. The number of likely N-dealkylation sites (N-methyl/N-ethyl adjacent to an activating group) is 1. The SMILES string of the molecule is CC(C)CCCC(C)NC(N)=NCC(c1cccs1)N(C)C. The van der Waals surface area contributed by atoms with E-state index in [2.05, 4.69) is 67.6 Å². The van der Waals surface area contributed by atoms with Gasteiger partial charge in [-0.25, -0.2) is 0 Å². The topological polar surface area (TPSA) is 53.6 Å². The molecule has 1 aromatic heterocycles. The highest BCUT2D eigenvalue weighted by Crippen LogP contribution is 2.23. The fourth-order valence-electron chi connectivity index (χ4n) is 2.38. The van der Waals surface area contributed by atoms with Gasteiger partial charge in [0.05, 0.1) is 12.6 Å². The summed E-state index contributed by atoms with van der Waals surface area (Å²) < 4.78 is 0. The van der Waals surface area contributed by atoms with Crippen LogP contribution in [0.5, 0.6) is 0 Å². The van der Waals surface area contributed by atoms with Crippen LogP contribution in [0, 0.1) is 5.92 Å². The number of guanidine groups is 1. The highest BCUT2D eigenvalue weighted by Gasteiger charge is 2.14. The van der Waals surface area contributed by atoms with Crippen molar-refractivity contribution in [3.8, 4) is 0 Å². The maximum Gasteiger partial charge on any atom is 0.188 e. The van der Waals surface area contributed by atoms with Crippen LogP contribution < -0.4 is 11.1 Å². The number of hydrogen-bond donors (Lipinski definition) is 2. The molecule has 0 aromatic carbocycles. The molecule has 22 heavy (non-hydrogen) atoms. The van der Waals surface area contributed by atoms with Crippen molar-refractivity contribution in [2.45, 2.75) is 52.1 Å². The fourth-order valence-corrected chi connectivity index (χ4v) is 3.29. The van der Waals surface area contributed by atoms with E-state index in [9.17, 15) is 0 Å². The smallest absolute Gasteiger partial charge is 0.188 e. The minimum atomic E-state index is 0.289. The number of aliphatic imine (C=N–C) groups is 1. The third-order valence-electron chi connectivity index (χ3n) is 3.74. The Morgan fingerprint density at radius 3 is 2.59 bits per heavy atom. The van der Waals surface area contributed by atoms with Crippen molar-refractivity contribution in [1.29, 1.82) is 0 Å². The molecule has 2 unspecified atom stereocenters. The number of nitrogens with zero attached hydrogens (tertiary/aromatic N) is 2. The molecule has 3 N–H and O–H groups in total. The van der Waals surface area contributed by atoms with Crippen molar-refractivity contribution >= 4 is 17.3 Å². The molecule has 2 atom stereocenters. The molecule has 4 nitrogen and oxygen atoms in total. The van der Waals surface area contributed by atoms with Gasteiger partial charge in [-0.05, 0) is 44.8 Å². The van der Waals surface area contributed by atoms with Crippen LogP contribution in [0.2, 0.25) is 0 Å². The third-order valence-corrected chi connectivity index (χ3v) is 4.72. The molecular formula is C17H32N4S. The molecule has 1 aromatic rings. The van der Waals surface area contributed by atoms with Crippen molar-refractivity contribution in [2.24, 2.45) is 16.6 Å². The zero-order valence-electron chi connectivity index (χ0n) is 14.7. The second-order valence-corrected chi connectivity index (χ2v) is 7.57. The Hall–Kier alpha value is -1.07. The molecule has 0 fully saturated rings. The van der Waals surface area contributed by atoms with Crippen molar-refractivity contribution in [2.75, 3.05) is 20.6 Å². The Balaban J connectivity index is 2.43. The fraction of sp³-hybridized carbons (Fsp3) is 0.706. The minimum Gasteiger partial charge on any atom is -0.370 e. The van der Waals surface area contributed by atoms with Gasteiger partial charge in [0.25, 0.3) is 0 Å². The number of nitrogens with two attached hydrogens (primary N) is 1. The average Bonchev–Trinajstić information content (AvgIpc) is 2.91. The summed E-state index contributed by atoms with van der Waals surface area (Å²) >= 11 is 1.77. The number of hydrogen-bond acceptors (Lipinski definition) is 3. The molecule has 0 saturated carbocycles. The highest BCUT2D eigenvalue weighted by atomic mass is 32.1. The lowest BCUT2D eigenvalue weighted by Crippen LogP contribution is -2.39. The van der Waals surface area contributed by atoms with Crippen LogP contribution in [0.15, 0.2) is 22.5 Å². The van der Waals surface area contributed by atoms with Crippen LogP contribution in [-0.2, 0) is 0 Å². The maximum absolute atomic E-state index is 6.03. The molecule has 5 heteroatoms. The first-order valence-corrected chi connectivity index (χ1v) is 9.04. The summed E-state index contributed by atoms with van der Waals surface area (Å²) in [6.07, 6.45) is 3.63. The lowest BCUT2D eigenvalue weighted by Gasteiger charge is -2.22. The van der Waals surface area contributed by atoms with Gasteiger partial charge in [0, 0.05) is 10.9 Å². The summed E-state index contributed by atoms with van der Waals surface area (Å²) in [6, 6.07) is 4.90. The summed E-state index contributed by atoms with van der Waals surface area (Å²) in [5, 5.41) is 5.41. The molecule has 0 bridgehead atoms. The van der Waals surface area contributed by atoms with Gasteiger partial charge in [0.1, 0.15) is 0 Å². The Morgan fingerprint density at radius 2 is 2.05 bits per heavy atom. The summed E-state index contributed by atoms with van der Waals surface area (Å²) in [4.78, 5) is 8.05. The summed E-state index contributed by atoms with van der Waals surface area (Å²) in [7, 11) is 4.16. The Morgan fingerprint density at radius 1 is 1.32 bits per heavy atom. The van der Waals surface area contributed by atoms with Crippen molar-refractivity contribution in [3.05, 3.63) is 22.4 Å². The van der Waals surface area contributed by atoms with Gasteiger partial charge < -0.3 is 16.0 Å². The Bertz CT molecular complexity index is 426. The van der Waals surface area contributed by atoms with Crippen LogP contribution in [0.1, 0.15) is 51.0 Å². The molecule has 1 rings (SSSR count). The largest absolute Gasteiger partial charge is 0.370 e. The first-order valence-electron chi connectivity index (χ1n) is 8.16. The normalized spacial score (nSPS) is 15.3. The number of rotatable bonds is 9. The molecule has 0 aliphatic carbocycles. The standard InChI is InChI=1S/C17H32N4S/c1-13(2)8-6-9-14(3)20-17(18)19-12-15(21(4)5)16-10-7-11-22-16/h7,10-11,13-15H,6,8-9,12H2,1-5H3,(H3,18,19,20). The molecule has 0 aliphatic heterocycles. The lowest BCUT2D eigenvalue weighted by molar-refractivity contribution is 0.310. The Kier molecular flexibility index (Phi) is 8.49. The second kappa shape index (κ2) is 9.85. The van der Waals surface area contributed by atoms with Crippen LogP contribution in [-0.4, -0.2) is 37.5 Å². The molecule has 0 amide bonds. The van der Waals surface area contributed by atoms with E-state index in [0.717, 1.165) is 12.3 Å². The van der Waals surface area contributed by atoms with Crippen LogP contribution in [0.25, 0.3) is 0 Å². The zero-order chi connectivity index (χ0) is 16.5. The highest BCUT2D eigenvalue weighted by molar-refractivity contribution is 7.10. The predicted molar refractivity (Wildman–Crippen MR) is 98.5 cm³/mol. The predicted octanol–water partition coefficient (Wildman–Crippen LogP) is 3.47. The first-order chi connectivity index (χ1) is 10.4. The third kappa shape index (κ3) is 7.27. The molecule has 126 valence electrons. The molecular weight excluding hydrogens is 292 g/mol. The van der Waals surface area contributed by atoms with Gasteiger partial charge in [-0.2, -0.15) is 0 Å². The summed E-state index contributed by atoms with van der Waals surface area (Å²) in [5.41, 5.74) is 6.03. The van der Waals surface area contributed by atoms with E-state index in [-0.39, 0.29) is 6.04 Å². The van der Waals surface area contributed by atoms with E-state index in [1.54, 1.807) is 11.3 Å². The van der Waals surface area contributed by atoms with Gasteiger partial charge in [-0.3, -0.25) is 4.99 Å². The maximum atomic E-state index is 6.03. The molecule has 0 radical (unpaired) electrons. The van der Waals surface area contributed by atoms with E-state index in [0.29, 0.717) is 18.5 Å². The van der Waals surface area contributed by atoms with Crippen molar-refractivity contribution in [1.82, 2.24) is 10.2 Å².